The smallest absolute Gasteiger partial charge is 0.238 e. The van der Waals surface area contributed by atoms with Gasteiger partial charge in [-0.2, -0.15) is 0 Å². The van der Waals surface area contributed by atoms with Crippen LogP contribution in [-0.2, 0) is 4.79 Å². The molecular weight excluding hydrogens is 126 g/mol. The minimum atomic E-state index is -0.382. The summed E-state index contributed by atoms with van der Waals surface area (Å²) in [4.78, 5) is 10.4. The predicted octanol–water partition coefficient (Wildman–Crippen LogP) is 1.77. The second-order valence-electron chi connectivity index (χ2n) is 3.13. The Kier molecular flexibility index (Phi) is 2.72. The van der Waals surface area contributed by atoms with Crippen LogP contribution in [0.25, 0.3) is 0 Å². The number of nitrogens with one attached hydrogen (secondary N) is 1. The molecule has 0 spiro atoms. The van der Waals surface area contributed by atoms with Crippen molar-refractivity contribution in [1.82, 2.24) is 5.73 Å². The SMILES string of the molecule is [NH]C(=O)CC1CCCCC1. The van der Waals surface area contributed by atoms with Gasteiger partial charge in [-0.25, -0.2) is 0 Å². The van der Waals surface area contributed by atoms with Gasteiger partial charge in [-0.15, -0.1) is 0 Å². The van der Waals surface area contributed by atoms with Gasteiger partial charge in [0.2, 0.25) is 5.91 Å². The average Bonchev–Trinajstić information content (AvgIpc) is 1.88. The predicted molar refractivity (Wildman–Crippen MR) is 39.3 cm³/mol. The number of rotatable bonds is 2. The van der Waals surface area contributed by atoms with E-state index in [4.69, 9.17) is 5.73 Å². The third kappa shape index (κ3) is 2.38. The highest BCUT2D eigenvalue weighted by Crippen LogP contribution is 2.25. The molecule has 1 rings (SSSR count). The Balaban J connectivity index is 2.19. The molecule has 0 heterocycles. The number of carbonyl (C=O) groups excluding carboxylic acids is 1. The minimum Gasteiger partial charge on any atom is -0.273 e. The molecule has 0 bridgehead atoms. The van der Waals surface area contributed by atoms with Crippen LogP contribution < -0.4 is 5.73 Å². The maximum Gasteiger partial charge on any atom is 0.238 e. The van der Waals surface area contributed by atoms with Crippen LogP contribution in [0.2, 0.25) is 0 Å². The Hall–Kier alpha value is -0.530. The summed E-state index contributed by atoms with van der Waals surface area (Å²) in [5.41, 5.74) is 6.78. The lowest BCUT2D eigenvalue weighted by molar-refractivity contribution is -0.119. The third-order valence-corrected chi connectivity index (χ3v) is 2.20. The maximum absolute atomic E-state index is 10.4. The third-order valence-electron chi connectivity index (χ3n) is 2.20. The molecule has 1 aliphatic carbocycles. The summed E-state index contributed by atoms with van der Waals surface area (Å²) in [5, 5.41) is 0. The van der Waals surface area contributed by atoms with Crippen LogP contribution in [0.3, 0.4) is 0 Å². The molecule has 57 valence electrons. The topological polar surface area (TPSA) is 40.9 Å². The molecular formula is C8H14NO. The molecule has 0 aromatic rings. The molecule has 0 aromatic carbocycles. The van der Waals surface area contributed by atoms with E-state index in [-0.39, 0.29) is 5.91 Å². The van der Waals surface area contributed by atoms with Crippen molar-refractivity contribution in [3.63, 3.8) is 0 Å². The summed E-state index contributed by atoms with van der Waals surface area (Å²) >= 11 is 0. The van der Waals surface area contributed by atoms with Crippen LogP contribution >= 0.6 is 0 Å². The lowest BCUT2D eigenvalue weighted by Crippen LogP contribution is -2.12. The van der Waals surface area contributed by atoms with Gasteiger partial charge in [0, 0.05) is 6.42 Å². The van der Waals surface area contributed by atoms with Gasteiger partial charge in [-0.3, -0.25) is 10.5 Å². The van der Waals surface area contributed by atoms with Gasteiger partial charge < -0.3 is 0 Å². The van der Waals surface area contributed by atoms with Gasteiger partial charge in [-0.05, 0) is 18.8 Å². The lowest BCUT2D eigenvalue weighted by atomic mass is 9.87. The molecule has 1 saturated carbocycles. The zero-order valence-corrected chi connectivity index (χ0v) is 6.23. The Morgan fingerprint density at radius 2 is 1.90 bits per heavy atom. The fourth-order valence-electron chi connectivity index (χ4n) is 1.65. The van der Waals surface area contributed by atoms with Crippen molar-refractivity contribution in [3.8, 4) is 0 Å². The quantitative estimate of drug-likeness (QED) is 0.576. The van der Waals surface area contributed by atoms with Gasteiger partial charge in [-0.1, -0.05) is 19.3 Å². The molecule has 1 N–H and O–H groups in total. The largest absolute Gasteiger partial charge is 0.273 e. The van der Waals surface area contributed by atoms with E-state index in [1.807, 2.05) is 0 Å². The van der Waals surface area contributed by atoms with E-state index >= 15 is 0 Å². The van der Waals surface area contributed by atoms with E-state index in [1.54, 1.807) is 0 Å². The molecule has 0 saturated heterocycles. The first-order valence-electron chi connectivity index (χ1n) is 4.03. The van der Waals surface area contributed by atoms with E-state index in [0.29, 0.717) is 12.3 Å². The van der Waals surface area contributed by atoms with Crippen molar-refractivity contribution in [2.75, 3.05) is 0 Å². The summed E-state index contributed by atoms with van der Waals surface area (Å²) in [5.74, 6) is 0.158. The molecule has 0 atom stereocenters. The molecule has 10 heavy (non-hydrogen) atoms. The van der Waals surface area contributed by atoms with Crippen LogP contribution in [0, 0.1) is 5.92 Å². The Labute approximate surface area is 61.8 Å². The summed E-state index contributed by atoms with van der Waals surface area (Å²) in [7, 11) is 0. The molecule has 0 aliphatic heterocycles. The van der Waals surface area contributed by atoms with Gasteiger partial charge in [0.1, 0.15) is 0 Å². The highest BCUT2D eigenvalue weighted by Gasteiger charge is 2.15. The molecule has 0 unspecified atom stereocenters. The first kappa shape index (κ1) is 7.58. The molecule has 0 aromatic heterocycles. The Bertz CT molecular complexity index is 116. The van der Waals surface area contributed by atoms with Crippen LogP contribution in [0.1, 0.15) is 38.5 Å². The second kappa shape index (κ2) is 3.59. The lowest BCUT2D eigenvalue weighted by Gasteiger charge is -2.19. The van der Waals surface area contributed by atoms with Crippen molar-refractivity contribution in [2.24, 2.45) is 5.92 Å². The number of amides is 1. The fourth-order valence-corrected chi connectivity index (χ4v) is 1.65. The standard InChI is InChI=1S/C8H14NO/c9-8(10)6-7-4-2-1-3-5-7/h7,9H,1-6H2. The molecule has 1 fully saturated rings. The van der Waals surface area contributed by atoms with E-state index in [2.05, 4.69) is 0 Å². The van der Waals surface area contributed by atoms with E-state index in [1.165, 1.54) is 32.1 Å². The highest BCUT2D eigenvalue weighted by molar-refractivity contribution is 5.73. The van der Waals surface area contributed by atoms with E-state index in [0.717, 1.165) is 0 Å². The minimum absolute atomic E-state index is 0.382. The van der Waals surface area contributed by atoms with Crippen molar-refractivity contribution in [2.45, 2.75) is 38.5 Å². The van der Waals surface area contributed by atoms with Crippen LogP contribution in [0.4, 0.5) is 0 Å². The molecule has 1 aliphatic rings. The molecule has 1 amide bonds. The summed E-state index contributed by atoms with van der Waals surface area (Å²) < 4.78 is 0. The van der Waals surface area contributed by atoms with Crippen LogP contribution in [0.5, 0.6) is 0 Å². The first-order valence-corrected chi connectivity index (χ1v) is 4.03. The summed E-state index contributed by atoms with van der Waals surface area (Å²) in [6.45, 7) is 0. The number of hydrogen-bond donors (Lipinski definition) is 0. The number of carbonyl (C=O) groups is 1. The van der Waals surface area contributed by atoms with Crippen LogP contribution in [0.15, 0.2) is 0 Å². The Morgan fingerprint density at radius 3 is 2.40 bits per heavy atom. The van der Waals surface area contributed by atoms with Crippen molar-refractivity contribution in [3.05, 3.63) is 0 Å². The fraction of sp³-hybridized carbons (Fsp3) is 0.875. The molecule has 1 radical (unpaired) electrons. The highest BCUT2D eigenvalue weighted by atomic mass is 16.1. The molecule has 2 heteroatoms. The van der Waals surface area contributed by atoms with Crippen LogP contribution in [-0.4, -0.2) is 5.91 Å². The zero-order valence-electron chi connectivity index (χ0n) is 6.23. The maximum atomic E-state index is 10.4. The average molecular weight is 140 g/mol. The molecule has 2 nitrogen and oxygen atoms in total. The van der Waals surface area contributed by atoms with E-state index < -0.39 is 0 Å². The summed E-state index contributed by atoms with van der Waals surface area (Å²) in [6, 6.07) is 0. The van der Waals surface area contributed by atoms with E-state index in [9.17, 15) is 4.79 Å². The van der Waals surface area contributed by atoms with Gasteiger partial charge in [0.25, 0.3) is 0 Å². The van der Waals surface area contributed by atoms with Crippen molar-refractivity contribution < 1.29 is 4.79 Å². The van der Waals surface area contributed by atoms with Gasteiger partial charge >= 0.3 is 0 Å². The summed E-state index contributed by atoms with van der Waals surface area (Å²) in [6.07, 6.45) is 6.69. The van der Waals surface area contributed by atoms with Gasteiger partial charge in [0.05, 0.1) is 0 Å². The van der Waals surface area contributed by atoms with Crippen molar-refractivity contribution >= 4 is 5.91 Å². The van der Waals surface area contributed by atoms with Crippen molar-refractivity contribution in [1.29, 1.82) is 0 Å². The normalized spacial score (nSPS) is 20.8. The Morgan fingerprint density at radius 1 is 1.30 bits per heavy atom. The zero-order chi connectivity index (χ0) is 7.40. The number of hydrogen-bond acceptors (Lipinski definition) is 1. The van der Waals surface area contributed by atoms with Gasteiger partial charge in [0.15, 0.2) is 0 Å². The second-order valence-corrected chi connectivity index (χ2v) is 3.13. The monoisotopic (exact) mass is 140 g/mol. The first-order chi connectivity index (χ1) is 4.79.